The smallest absolute Gasteiger partial charge is 0.326 e. The van der Waals surface area contributed by atoms with Crippen molar-refractivity contribution in [2.75, 3.05) is 22.4 Å². The molecular formula is C18H17F5N2O3S. The molecule has 0 saturated carbocycles. The van der Waals surface area contributed by atoms with Gasteiger partial charge in [0.25, 0.3) is 0 Å². The summed E-state index contributed by atoms with van der Waals surface area (Å²) in [5.74, 6) is -3.14. The second-order valence-corrected chi connectivity index (χ2v) is 8.04. The Morgan fingerprint density at radius 3 is 2.31 bits per heavy atom. The summed E-state index contributed by atoms with van der Waals surface area (Å²) in [5.41, 5.74) is -1.55. The molecule has 158 valence electrons. The van der Waals surface area contributed by atoms with Crippen LogP contribution in [0.5, 0.6) is 0 Å². The van der Waals surface area contributed by atoms with E-state index in [-0.39, 0.29) is 25.1 Å². The van der Waals surface area contributed by atoms with Crippen molar-refractivity contribution in [3.8, 4) is 0 Å². The van der Waals surface area contributed by atoms with Crippen LogP contribution < -0.4 is 9.62 Å². The van der Waals surface area contributed by atoms with Crippen LogP contribution in [0, 0.1) is 11.6 Å². The number of hydrogen-bond donors (Lipinski definition) is 1. The molecule has 0 atom stereocenters. The van der Waals surface area contributed by atoms with Gasteiger partial charge in [0.15, 0.2) is 11.6 Å². The quantitative estimate of drug-likeness (QED) is 0.663. The van der Waals surface area contributed by atoms with E-state index in [2.05, 4.69) is 5.32 Å². The Labute approximate surface area is 164 Å². The first-order valence-corrected chi connectivity index (χ1v) is 10.1. The highest BCUT2D eigenvalue weighted by Gasteiger charge is 2.33. The molecule has 2 rings (SSSR count). The maximum Gasteiger partial charge on any atom is 0.418 e. The first kappa shape index (κ1) is 22.6. The second kappa shape index (κ2) is 8.76. The minimum Gasteiger partial charge on any atom is -0.326 e. The first-order valence-electron chi connectivity index (χ1n) is 8.28. The van der Waals surface area contributed by atoms with E-state index in [1.807, 2.05) is 0 Å². The fraction of sp³-hybridized carbons (Fsp3) is 0.278. The average Bonchev–Trinajstić information content (AvgIpc) is 2.60. The third-order valence-electron chi connectivity index (χ3n) is 3.86. The van der Waals surface area contributed by atoms with Gasteiger partial charge >= 0.3 is 6.18 Å². The number of nitrogens with zero attached hydrogens (tertiary/aromatic N) is 1. The summed E-state index contributed by atoms with van der Waals surface area (Å²) in [5, 5.41) is 2.15. The van der Waals surface area contributed by atoms with Crippen LogP contribution in [0.25, 0.3) is 0 Å². The van der Waals surface area contributed by atoms with Crippen molar-refractivity contribution in [1.82, 2.24) is 0 Å². The van der Waals surface area contributed by atoms with Crippen LogP contribution >= 0.6 is 0 Å². The van der Waals surface area contributed by atoms with Gasteiger partial charge < -0.3 is 5.32 Å². The van der Waals surface area contributed by atoms with Crippen LogP contribution in [-0.4, -0.2) is 27.1 Å². The van der Waals surface area contributed by atoms with Crippen LogP contribution in [0.15, 0.2) is 42.5 Å². The predicted octanol–water partition coefficient (Wildman–Crippen LogP) is 4.17. The summed E-state index contributed by atoms with van der Waals surface area (Å²) in [7, 11) is -3.87. The Bertz CT molecular complexity index is 993. The summed E-state index contributed by atoms with van der Waals surface area (Å²) in [6.45, 7) is -0.252. The number of benzene rings is 2. The van der Waals surface area contributed by atoms with Gasteiger partial charge in [0.2, 0.25) is 15.9 Å². The van der Waals surface area contributed by atoms with Crippen LogP contribution in [0.3, 0.4) is 0 Å². The molecule has 0 aliphatic carbocycles. The molecule has 0 fully saturated rings. The zero-order chi connectivity index (χ0) is 21.8. The summed E-state index contributed by atoms with van der Waals surface area (Å²) < 4.78 is 90.0. The van der Waals surface area contributed by atoms with E-state index in [9.17, 15) is 35.2 Å². The number of nitrogens with one attached hydrogen (secondary N) is 1. The average molecular weight is 436 g/mol. The number of halogens is 5. The molecule has 0 radical (unpaired) electrons. The molecule has 11 heteroatoms. The zero-order valence-electron chi connectivity index (χ0n) is 15.1. The van der Waals surface area contributed by atoms with E-state index in [0.717, 1.165) is 34.8 Å². The lowest BCUT2D eigenvalue weighted by Gasteiger charge is -2.22. The van der Waals surface area contributed by atoms with Gasteiger partial charge in [0, 0.05) is 19.0 Å². The van der Waals surface area contributed by atoms with Crippen molar-refractivity contribution >= 4 is 27.3 Å². The van der Waals surface area contributed by atoms with Crippen molar-refractivity contribution in [2.24, 2.45) is 0 Å². The Hall–Kier alpha value is -2.69. The van der Waals surface area contributed by atoms with Crippen molar-refractivity contribution in [2.45, 2.75) is 19.0 Å². The molecule has 5 nitrogen and oxygen atoms in total. The van der Waals surface area contributed by atoms with Crippen LogP contribution in [-0.2, 0) is 21.0 Å². The van der Waals surface area contributed by atoms with E-state index in [1.54, 1.807) is 0 Å². The Morgan fingerprint density at radius 2 is 1.72 bits per heavy atom. The number of alkyl halides is 3. The molecule has 2 aromatic carbocycles. The second-order valence-electron chi connectivity index (χ2n) is 6.13. The van der Waals surface area contributed by atoms with Gasteiger partial charge in [-0.05, 0) is 30.7 Å². The maximum absolute atomic E-state index is 13.4. The molecule has 29 heavy (non-hydrogen) atoms. The van der Waals surface area contributed by atoms with E-state index in [1.165, 1.54) is 12.1 Å². The lowest BCUT2D eigenvalue weighted by molar-refractivity contribution is -0.137. The van der Waals surface area contributed by atoms with Gasteiger partial charge in [0.1, 0.15) is 0 Å². The van der Waals surface area contributed by atoms with Gasteiger partial charge in [0.05, 0.1) is 23.2 Å². The molecule has 0 spiro atoms. The Balaban J connectivity index is 2.05. The van der Waals surface area contributed by atoms with Gasteiger partial charge in [-0.1, -0.05) is 12.1 Å². The van der Waals surface area contributed by atoms with E-state index >= 15 is 0 Å². The van der Waals surface area contributed by atoms with Crippen molar-refractivity contribution in [3.63, 3.8) is 0 Å². The molecule has 1 amide bonds. The lowest BCUT2D eigenvalue weighted by atomic mass is 10.1. The first-order chi connectivity index (χ1) is 13.4. The van der Waals surface area contributed by atoms with Gasteiger partial charge in [-0.2, -0.15) is 13.2 Å². The van der Waals surface area contributed by atoms with Gasteiger partial charge in [-0.3, -0.25) is 9.10 Å². The van der Waals surface area contributed by atoms with E-state index in [4.69, 9.17) is 0 Å². The van der Waals surface area contributed by atoms with E-state index in [0.29, 0.717) is 6.07 Å². The highest BCUT2D eigenvalue weighted by Crippen LogP contribution is 2.34. The predicted molar refractivity (Wildman–Crippen MR) is 97.9 cm³/mol. The number of sulfonamides is 1. The number of carbonyl (C=O) groups is 1. The molecule has 1 N–H and O–H groups in total. The monoisotopic (exact) mass is 436 g/mol. The largest absolute Gasteiger partial charge is 0.418 e. The van der Waals surface area contributed by atoms with E-state index < -0.39 is 45.0 Å². The number of para-hydroxylation sites is 1. The minimum absolute atomic E-state index is 0.0634. The zero-order valence-corrected chi connectivity index (χ0v) is 15.9. The third-order valence-corrected chi connectivity index (χ3v) is 5.06. The summed E-state index contributed by atoms with van der Waals surface area (Å²) in [6.07, 6.45) is -4.15. The molecule has 0 heterocycles. The minimum atomic E-state index is -4.65. The topological polar surface area (TPSA) is 66.5 Å². The fourth-order valence-electron chi connectivity index (χ4n) is 2.56. The van der Waals surface area contributed by atoms with Crippen molar-refractivity contribution in [3.05, 3.63) is 59.7 Å². The Morgan fingerprint density at radius 1 is 1.07 bits per heavy atom. The number of anilines is 2. The highest BCUT2D eigenvalue weighted by molar-refractivity contribution is 7.92. The molecule has 0 bridgehead atoms. The fourth-order valence-corrected chi connectivity index (χ4v) is 3.52. The van der Waals surface area contributed by atoms with Crippen molar-refractivity contribution < 1.29 is 35.2 Å². The standard InChI is InChI=1S/C18H17F5N2O3S/c1-29(27,28)25(12-8-9-14(19)15(20)11-12)10-4-7-17(26)24-16-6-3-2-5-13(16)18(21,22)23/h2-3,5-6,8-9,11H,4,7,10H2,1H3,(H,24,26). The molecule has 0 aliphatic heterocycles. The van der Waals surface area contributed by atoms with Gasteiger partial charge in [-0.15, -0.1) is 0 Å². The molecule has 0 aliphatic rings. The van der Waals surface area contributed by atoms with Crippen LogP contribution in [0.1, 0.15) is 18.4 Å². The molecule has 0 aromatic heterocycles. The molecule has 0 saturated heterocycles. The third kappa shape index (κ3) is 6.14. The number of carbonyl (C=O) groups excluding carboxylic acids is 1. The number of rotatable bonds is 7. The highest BCUT2D eigenvalue weighted by atomic mass is 32.2. The summed E-state index contributed by atoms with van der Waals surface area (Å²) in [6, 6.07) is 6.98. The van der Waals surface area contributed by atoms with Crippen molar-refractivity contribution in [1.29, 1.82) is 0 Å². The lowest BCUT2D eigenvalue weighted by Crippen LogP contribution is -2.31. The van der Waals surface area contributed by atoms with Crippen LogP contribution in [0.2, 0.25) is 0 Å². The number of amides is 1. The van der Waals surface area contributed by atoms with Crippen LogP contribution in [0.4, 0.5) is 33.3 Å². The number of hydrogen-bond acceptors (Lipinski definition) is 3. The summed E-state index contributed by atoms with van der Waals surface area (Å²) >= 11 is 0. The SMILES string of the molecule is CS(=O)(=O)N(CCCC(=O)Nc1ccccc1C(F)(F)F)c1ccc(F)c(F)c1. The summed E-state index contributed by atoms with van der Waals surface area (Å²) in [4.78, 5) is 12.0. The molecular weight excluding hydrogens is 419 g/mol. The normalized spacial score (nSPS) is 11.9. The Kier molecular flexibility index (Phi) is 6.83. The van der Waals surface area contributed by atoms with Gasteiger partial charge in [-0.25, -0.2) is 17.2 Å². The molecule has 2 aromatic rings. The maximum atomic E-state index is 13.4. The molecule has 0 unspecified atom stereocenters.